The first-order valence-electron chi connectivity index (χ1n) is 6.28. The number of fused-ring (bicyclic) bond motifs is 1. The molecular weight excluding hydrogens is 280 g/mol. The summed E-state index contributed by atoms with van der Waals surface area (Å²) < 4.78 is 2.18. The summed E-state index contributed by atoms with van der Waals surface area (Å²) in [6.07, 6.45) is 6.58. The van der Waals surface area contributed by atoms with Crippen LogP contribution in [0, 0.1) is 0 Å². The van der Waals surface area contributed by atoms with E-state index in [-0.39, 0.29) is 0 Å². The summed E-state index contributed by atoms with van der Waals surface area (Å²) in [5.74, 6) is 0.632. The van der Waals surface area contributed by atoms with Crippen LogP contribution in [-0.2, 0) is 0 Å². The van der Waals surface area contributed by atoms with Crippen LogP contribution < -0.4 is 5.14 Å². The third-order valence-electron chi connectivity index (χ3n) is 3.67. The molecule has 1 aromatic carbocycles. The van der Waals surface area contributed by atoms with Crippen LogP contribution in [0.1, 0.15) is 43.6 Å². The summed E-state index contributed by atoms with van der Waals surface area (Å²) in [6, 6.07) is 4.22. The van der Waals surface area contributed by atoms with Gasteiger partial charge in [-0.2, -0.15) is 0 Å². The van der Waals surface area contributed by atoms with Crippen LogP contribution in [0.5, 0.6) is 0 Å². The predicted octanol–water partition coefficient (Wildman–Crippen LogP) is 4.60. The highest BCUT2D eigenvalue weighted by Gasteiger charge is 2.21. The Labute approximate surface area is 121 Å². The molecule has 1 saturated carbocycles. The lowest BCUT2D eigenvalue weighted by Crippen LogP contribution is -2.06. The third kappa shape index (κ3) is 2.29. The SMILES string of the molecule is NSc1nc2c(C3CCCCC3)c(S)ccc2s1. The molecule has 5 heteroatoms. The Balaban J connectivity index is 2.12. The molecule has 0 saturated heterocycles. The minimum atomic E-state index is 0.632. The lowest BCUT2D eigenvalue weighted by Gasteiger charge is -2.23. The molecule has 1 aliphatic carbocycles. The quantitative estimate of drug-likeness (QED) is 0.628. The summed E-state index contributed by atoms with van der Waals surface area (Å²) in [7, 11) is 0. The van der Waals surface area contributed by atoms with Crippen LogP contribution in [0.15, 0.2) is 21.4 Å². The fraction of sp³-hybridized carbons (Fsp3) is 0.462. The molecule has 0 unspecified atom stereocenters. The smallest absolute Gasteiger partial charge is 0.165 e. The zero-order valence-corrected chi connectivity index (χ0v) is 12.6. The van der Waals surface area contributed by atoms with Gasteiger partial charge in [0.2, 0.25) is 0 Å². The molecule has 1 aromatic heterocycles. The van der Waals surface area contributed by atoms with Gasteiger partial charge < -0.3 is 0 Å². The molecular formula is C13H16N2S3. The molecule has 0 spiro atoms. The van der Waals surface area contributed by atoms with Crippen LogP contribution in [0.25, 0.3) is 10.2 Å². The maximum Gasteiger partial charge on any atom is 0.165 e. The van der Waals surface area contributed by atoms with Crippen molar-refractivity contribution in [2.24, 2.45) is 5.14 Å². The Hall–Kier alpha value is -0.230. The highest BCUT2D eigenvalue weighted by atomic mass is 32.2. The first-order chi connectivity index (χ1) is 8.79. The Morgan fingerprint density at radius 1 is 1.28 bits per heavy atom. The van der Waals surface area contributed by atoms with E-state index < -0.39 is 0 Å². The van der Waals surface area contributed by atoms with E-state index in [1.165, 1.54) is 54.3 Å². The van der Waals surface area contributed by atoms with Crippen LogP contribution in [0.3, 0.4) is 0 Å². The molecule has 1 heterocycles. The van der Waals surface area contributed by atoms with Crippen LogP contribution in [0.4, 0.5) is 0 Å². The van der Waals surface area contributed by atoms with Crippen molar-refractivity contribution < 1.29 is 0 Å². The van der Waals surface area contributed by atoms with Gasteiger partial charge in [0.05, 0.1) is 10.2 Å². The van der Waals surface area contributed by atoms with Crippen molar-refractivity contribution in [2.45, 2.75) is 47.3 Å². The second kappa shape index (κ2) is 5.41. The molecule has 2 aromatic rings. The second-order valence-corrected chi connectivity index (χ2v) is 7.17. The molecule has 18 heavy (non-hydrogen) atoms. The number of thiazole rings is 1. The highest BCUT2D eigenvalue weighted by molar-refractivity contribution is 7.99. The molecule has 1 aliphatic rings. The maximum absolute atomic E-state index is 5.63. The first kappa shape index (κ1) is 12.8. The third-order valence-corrected chi connectivity index (χ3v) is 5.71. The second-order valence-electron chi connectivity index (χ2n) is 4.78. The van der Waals surface area contributed by atoms with Crippen molar-refractivity contribution in [3.63, 3.8) is 0 Å². The number of hydrogen-bond acceptors (Lipinski definition) is 5. The number of thiol groups is 1. The van der Waals surface area contributed by atoms with Gasteiger partial charge in [-0.3, -0.25) is 5.14 Å². The van der Waals surface area contributed by atoms with Crippen molar-refractivity contribution in [1.29, 1.82) is 0 Å². The standard InChI is InChI=1S/C13H16N2S3/c14-18-13-15-12-10(17-13)7-6-9(16)11(12)8-4-2-1-3-5-8/h6-8,16H,1-5,14H2. The molecule has 0 aliphatic heterocycles. The number of rotatable bonds is 2. The average Bonchev–Trinajstić information content (AvgIpc) is 2.82. The molecule has 2 nitrogen and oxygen atoms in total. The van der Waals surface area contributed by atoms with E-state index in [4.69, 9.17) is 5.14 Å². The molecule has 1 fully saturated rings. The van der Waals surface area contributed by atoms with Crippen molar-refractivity contribution in [2.75, 3.05) is 0 Å². The van der Waals surface area contributed by atoms with Gasteiger partial charge >= 0.3 is 0 Å². The summed E-state index contributed by atoms with van der Waals surface area (Å²) >= 11 is 7.56. The topological polar surface area (TPSA) is 38.9 Å². The summed E-state index contributed by atoms with van der Waals surface area (Å²) in [5, 5.41) is 5.63. The largest absolute Gasteiger partial charge is 0.272 e. The maximum atomic E-state index is 5.63. The van der Waals surface area contributed by atoms with Crippen molar-refractivity contribution >= 4 is 46.1 Å². The Morgan fingerprint density at radius 3 is 2.78 bits per heavy atom. The van der Waals surface area contributed by atoms with Crippen LogP contribution >= 0.6 is 35.9 Å². The number of nitrogens with two attached hydrogens (primary N) is 1. The lowest BCUT2D eigenvalue weighted by atomic mass is 9.83. The van der Waals surface area contributed by atoms with Crippen LogP contribution in [-0.4, -0.2) is 4.98 Å². The Morgan fingerprint density at radius 2 is 2.06 bits per heavy atom. The first-order valence-corrected chi connectivity index (χ1v) is 8.43. The van der Waals surface area contributed by atoms with E-state index in [1.807, 2.05) is 0 Å². The fourth-order valence-corrected chi connectivity index (χ4v) is 4.51. The van der Waals surface area contributed by atoms with Gasteiger partial charge in [-0.05, 0) is 48.4 Å². The summed E-state index contributed by atoms with van der Waals surface area (Å²) in [5.41, 5.74) is 2.49. The lowest BCUT2D eigenvalue weighted by molar-refractivity contribution is 0.441. The van der Waals surface area contributed by atoms with Crippen LogP contribution in [0.2, 0.25) is 0 Å². The predicted molar refractivity (Wildman–Crippen MR) is 82.7 cm³/mol. The number of aromatic nitrogens is 1. The fourth-order valence-electron chi connectivity index (χ4n) is 2.83. The summed E-state index contributed by atoms with van der Waals surface area (Å²) in [6.45, 7) is 0. The van der Waals surface area contributed by atoms with Gasteiger partial charge in [0, 0.05) is 4.90 Å². The highest BCUT2D eigenvalue weighted by Crippen LogP contribution is 2.41. The van der Waals surface area contributed by atoms with Gasteiger partial charge in [-0.25, -0.2) is 4.98 Å². The van der Waals surface area contributed by atoms with E-state index in [1.54, 1.807) is 11.3 Å². The van der Waals surface area contributed by atoms with Crippen molar-refractivity contribution in [3.8, 4) is 0 Å². The molecule has 0 bridgehead atoms. The molecule has 3 rings (SSSR count). The van der Waals surface area contributed by atoms with Gasteiger partial charge in [0.15, 0.2) is 4.34 Å². The van der Waals surface area contributed by atoms with E-state index in [0.29, 0.717) is 5.92 Å². The molecule has 0 atom stereocenters. The summed E-state index contributed by atoms with van der Waals surface area (Å²) in [4.78, 5) is 5.77. The van der Waals surface area contributed by atoms with E-state index in [0.717, 1.165) is 14.8 Å². The monoisotopic (exact) mass is 296 g/mol. The Kier molecular flexibility index (Phi) is 3.84. The zero-order valence-electron chi connectivity index (χ0n) is 10.1. The molecule has 0 radical (unpaired) electrons. The van der Waals surface area contributed by atoms with E-state index in [9.17, 15) is 0 Å². The Bertz CT molecular complexity index is 559. The zero-order chi connectivity index (χ0) is 12.5. The molecule has 2 N–H and O–H groups in total. The number of hydrogen-bond donors (Lipinski definition) is 2. The van der Waals surface area contributed by atoms with Crippen molar-refractivity contribution in [1.82, 2.24) is 4.98 Å². The minimum Gasteiger partial charge on any atom is -0.272 e. The van der Waals surface area contributed by atoms with Gasteiger partial charge in [0.25, 0.3) is 0 Å². The average molecular weight is 296 g/mol. The van der Waals surface area contributed by atoms with E-state index >= 15 is 0 Å². The van der Waals surface area contributed by atoms with E-state index in [2.05, 4.69) is 29.7 Å². The number of nitrogens with zero attached hydrogens (tertiary/aromatic N) is 1. The normalized spacial score (nSPS) is 17.4. The van der Waals surface area contributed by atoms with Crippen molar-refractivity contribution in [3.05, 3.63) is 17.7 Å². The van der Waals surface area contributed by atoms with Gasteiger partial charge in [-0.1, -0.05) is 19.3 Å². The molecule has 0 amide bonds. The number of benzene rings is 1. The van der Waals surface area contributed by atoms with Gasteiger partial charge in [0.1, 0.15) is 0 Å². The van der Waals surface area contributed by atoms with Gasteiger partial charge in [-0.15, -0.1) is 24.0 Å². The molecule has 96 valence electrons. The minimum absolute atomic E-state index is 0.632.